The number of aliphatic hydroxyl groups excluding tert-OH is 1. The van der Waals surface area contributed by atoms with Crippen LogP contribution in [0.25, 0.3) is 0 Å². The monoisotopic (exact) mass is 384 g/mol. The molecular formula is C22H28N2O4. The van der Waals surface area contributed by atoms with E-state index in [0.717, 1.165) is 18.7 Å². The molecule has 6 nitrogen and oxygen atoms in total. The molecule has 1 aliphatic heterocycles. The molecule has 6 heteroatoms. The molecule has 1 aliphatic rings. The number of carbonyl (C=O) groups is 1. The first-order valence-electron chi connectivity index (χ1n) is 9.63. The number of nitrogens with one attached hydrogen (secondary N) is 1. The van der Waals surface area contributed by atoms with Crippen molar-refractivity contribution in [3.05, 3.63) is 60.2 Å². The van der Waals surface area contributed by atoms with Crippen molar-refractivity contribution in [1.29, 1.82) is 0 Å². The lowest BCUT2D eigenvalue weighted by Crippen LogP contribution is -2.46. The highest BCUT2D eigenvalue weighted by atomic mass is 16.5. The van der Waals surface area contributed by atoms with Crippen LogP contribution in [0.3, 0.4) is 0 Å². The highest BCUT2D eigenvalue weighted by Crippen LogP contribution is 2.32. The van der Waals surface area contributed by atoms with Gasteiger partial charge in [0.05, 0.1) is 5.60 Å². The third kappa shape index (κ3) is 5.55. The molecule has 1 atom stereocenters. The molecule has 0 aromatic heterocycles. The fourth-order valence-corrected chi connectivity index (χ4v) is 3.55. The number of benzene rings is 2. The molecule has 1 heterocycles. The van der Waals surface area contributed by atoms with Gasteiger partial charge in [0.15, 0.2) is 0 Å². The van der Waals surface area contributed by atoms with E-state index in [1.807, 2.05) is 30.3 Å². The molecule has 0 bridgehead atoms. The Morgan fingerprint density at radius 1 is 1.18 bits per heavy atom. The summed E-state index contributed by atoms with van der Waals surface area (Å²) in [6, 6.07) is 16.9. The lowest BCUT2D eigenvalue weighted by molar-refractivity contribution is -0.114. The van der Waals surface area contributed by atoms with E-state index in [1.165, 1.54) is 6.92 Å². The Hall–Kier alpha value is -2.41. The molecule has 3 N–H and O–H groups in total. The van der Waals surface area contributed by atoms with Crippen LogP contribution in [0.4, 0.5) is 5.69 Å². The lowest BCUT2D eigenvalue weighted by atomic mass is 9.84. The number of likely N-dealkylation sites (tertiary alicyclic amines) is 1. The lowest BCUT2D eigenvalue weighted by Gasteiger charge is -2.39. The molecule has 0 aliphatic carbocycles. The number of amides is 1. The molecule has 1 fully saturated rings. The van der Waals surface area contributed by atoms with Crippen molar-refractivity contribution in [3.8, 4) is 5.75 Å². The number of hydrogen-bond acceptors (Lipinski definition) is 5. The van der Waals surface area contributed by atoms with Crippen LogP contribution in [0.2, 0.25) is 0 Å². The molecule has 0 spiro atoms. The summed E-state index contributed by atoms with van der Waals surface area (Å²) in [5, 5.41) is 23.9. The fourth-order valence-electron chi connectivity index (χ4n) is 3.55. The summed E-state index contributed by atoms with van der Waals surface area (Å²) in [4.78, 5) is 13.3. The number of nitrogens with zero attached hydrogens (tertiary/aromatic N) is 1. The third-order valence-electron chi connectivity index (χ3n) is 5.06. The minimum Gasteiger partial charge on any atom is -0.491 e. The van der Waals surface area contributed by atoms with Gasteiger partial charge in [0.1, 0.15) is 18.5 Å². The van der Waals surface area contributed by atoms with Crippen molar-refractivity contribution < 1.29 is 19.7 Å². The maximum Gasteiger partial charge on any atom is 0.221 e. The van der Waals surface area contributed by atoms with Crippen molar-refractivity contribution in [1.82, 2.24) is 4.90 Å². The van der Waals surface area contributed by atoms with E-state index in [0.29, 0.717) is 30.8 Å². The summed E-state index contributed by atoms with van der Waals surface area (Å²) in [7, 11) is 0. The molecule has 1 unspecified atom stereocenters. The normalized spacial score (nSPS) is 17.7. The molecule has 28 heavy (non-hydrogen) atoms. The maximum absolute atomic E-state index is 11.1. The van der Waals surface area contributed by atoms with Gasteiger partial charge in [-0.1, -0.05) is 36.4 Å². The SMILES string of the molecule is CC(=O)Nc1cccc(OCC(O)CN2CCC(O)(c3ccccc3)CC2)c1. The predicted octanol–water partition coefficient (Wildman–Crippen LogP) is 2.37. The Balaban J connectivity index is 1.45. The predicted molar refractivity (Wildman–Crippen MR) is 108 cm³/mol. The van der Waals surface area contributed by atoms with Gasteiger partial charge in [-0.15, -0.1) is 0 Å². The van der Waals surface area contributed by atoms with Gasteiger partial charge in [0.2, 0.25) is 5.91 Å². The Labute approximate surface area is 165 Å². The van der Waals surface area contributed by atoms with E-state index >= 15 is 0 Å². The summed E-state index contributed by atoms with van der Waals surface area (Å²) in [5.74, 6) is 0.458. The molecule has 2 aromatic rings. The first-order valence-corrected chi connectivity index (χ1v) is 9.63. The average Bonchev–Trinajstić information content (AvgIpc) is 2.69. The Kier molecular flexibility index (Phi) is 6.67. The topological polar surface area (TPSA) is 82.0 Å². The number of hydrogen-bond donors (Lipinski definition) is 3. The summed E-state index contributed by atoms with van der Waals surface area (Å²) in [6.45, 7) is 3.56. The van der Waals surface area contributed by atoms with E-state index in [9.17, 15) is 15.0 Å². The van der Waals surface area contributed by atoms with Crippen LogP contribution in [0, 0.1) is 0 Å². The van der Waals surface area contributed by atoms with E-state index in [-0.39, 0.29) is 12.5 Å². The second-order valence-corrected chi connectivity index (χ2v) is 7.37. The quantitative estimate of drug-likeness (QED) is 0.683. The summed E-state index contributed by atoms with van der Waals surface area (Å²) >= 11 is 0. The molecule has 1 amide bonds. The Morgan fingerprint density at radius 2 is 1.89 bits per heavy atom. The molecule has 0 radical (unpaired) electrons. The van der Waals surface area contributed by atoms with Gasteiger partial charge in [0.25, 0.3) is 0 Å². The van der Waals surface area contributed by atoms with Crippen LogP contribution in [0.15, 0.2) is 54.6 Å². The summed E-state index contributed by atoms with van der Waals surface area (Å²) in [5.41, 5.74) is 0.830. The number of β-amino-alcohol motifs (C(OH)–C–C–N with tert-alkyl or cyclic N) is 1. The van der Waals surface area contributed by atoms with Gasteiger partial charge in [0, 0.05) is 38.3 Å². The van der Waals surface area contributed by atoms with Crippen LogP contribution in [0.1, 0.15) is 25.3 Å². The highest BCUT2D eigenvalue weighted by molar-refractivity contribution is 5.88. The van der Waals surface area contributed by atoms with Crippen molar-refractivity contribution >= 4 is 11.6 Å². The van der Waals surface area contributed by atoms with Crippen LogP contribution in [-0.4, -0.2) is 53.4 Å². The number of anilines is 1. The van der Waals surface area contributed by atoms with Gasteiger partial charge < -0.3 is 25.2 Å². The van der Waals surface area contributed by atoms with Gasteiger partial charge in [-0.2, -0.15) is 0 Å². The first-order chi connectivity index (χ1) is 13.4. The van der Waals surface area contributed by atoms with Crippen molar-refractivity contribution in [2.24, 2.45) is 0 Å². The van der Waals surface area contributed by atoms with E-state index in [1.54, 1.807) is 24.3 Å². The summed E-state index contributed by atoms with van der Waals surface area (Å²) in [6.07, 6.45) is 0.652. The number of piperidine rings is 1. The maximum atomic E-state index is 11.1. The minimum absolute atomic E-state index is 0.141. The van der Waals surface area contributed by atoms with E-state index < -0.39 is 11.7 Å². The Bertz CT molecular complexity index is 773. The molecule has 3 rings (SSSR count). The van der Waals surface area contributed by atoms with Crippen molar-refractivity contribution in [2.45, 2.75) is 31.5 Å². The van der Waals surface area contributed by atoms with Gasteiger partial charge in [-0.05, 0) is 30.5 Å². The van der Waals surface area contributed by atoms with Crippen LogP contribution in [-0.2, 0) is 10.4 Å². The number of carbonyl (C=O) groups excluding carboxylic acids is 1. The fraction of sp³-hybridized carbons (Fsp3) is 0.409. The molecule has 2 aromatic carbocycles. The molecule has 0 saturated carbocycles. The van der Waals surface area contributed by atoms with Crippen LogP contribution >= 0.6 is 0 Å². The third-order valence-corrected chi connectivity index (χ3v) is 5.06. The smallest absolute Gasteiger partial charge is 0.221 e. The second-order valence-electron chi connectivity index (χ2n) is 7.37. The standard InChI is InChI=1S/C22H28N2O4/c1-17(25)23-19-8-5-9-21(14-19)28-16-20(26)15-24-12-10-22(27,11-13-24)18-6-3-2-4-7-18/h2-9,14,20,26-27H,10-13,15-16H2,1H3,(H,23,25). The van der Waals surface area contributed by atoms with E-state index in [2.05, 4.69) is 10.2 Å². The van der Waals surface area contributed by atoms with Gasteiger partial charge >= 0.3 is 0 Å². The largest absolute Gasteiger partial charge is 0.491 e. The van der Waals surface area contributed by atoms with Crippen molar-refractivity contribution in [2.75, 3.05) is 31.6 Å². The zero-order valence-corrected chi connectivity index (χ0v) is 16.2. The zero-order valence-electron chi connectivity index (χ0n) is 16.2. The highest BCUT2D eigenvalue weighted by Gasteiger charge is 2.34. The first kappa shape index (κ1) is 20.3. The number of aliphatic hydroxyl groups is 2. The summed E-state index contributed by atoms with van der Waals surface area (Å²) < 4.78 is 5.66. The number of rotatable bonds is 7. The van der Waals surface area contributed by atoms with Gasteiger partial charge in [-0.25, -0.2) is 0 Å². The average molecular weight is 384 g/mol. The molecule has 1 saturated heterocycles. The van der Waals surface area contributed by atoms with Crippen LogP contribution in [0.5, 0.6) is 5.75 Å². The van der Waals surface area contributed by atoms with Gasteiger partial charge in [-0.3, -0.25) is 4.79 Å². The van der Waals surface area contributed by atoms with Crippen molar-refractivity contribution in [3.63, 3.8) is 0 Å². The molecular weight excluding hydrogens is 356 g/mol. The van der Waals surface area contributed by atoms with E-state index in [4.69, 9.17) is 4.74 Å². The Morgan fingerprint density at radius 3 is 2.57 bits per heavy atom. The van der Waals surface area contributed by atoms with Crippen LogP contribution < -0.4 is 10.1 Å². The number of ether oxygens (including phenoxy) is 1. The second kappa shape index (κ2) is 9.19. The zero-order chi connectivity index (χ0) is 20.0. The molecule has 150 valence electrons. The minimum atomic E-state index is -0.788.